The average Bonchev–Trinajstić information content (AvgIpc) is 3.04. The second-order valence-electron chi connectivity index (χ2n) is 5.44. The smallest absolute Gasteiger partial charge is 0.207 e. The molecule has 1 aliphatic rings. The van der Waals surface area contributed by atoms with E-state index in [9.17, 15) is 4.79 Å². The van der Waals surface area contributed by atoms with Crippen LogP contribution in [0.5, 0.6) is 5.75 Å². The number of ether oxygens (including phenoxy) is 1. The molecule has 0 saturated heterocycles. The SMILES string of the molecule is CC.CCc1cc2c(c(-c3ccccc3Cl)c1)OC(CNC=O)C2. The van der Waals surface area contributed by atoms with Crippen LogP contribution in [-0.2, 0) is 17.6 Å². The van der Waals surface area contributed by atoms with Crippen LogP contribution in [0.2, 0.25) is 5.02 Å². The number of nitrogens with one attached hydrogen (secondary N) is 1. The molecule has 1 atom stereocenters. The highest BCUT2D eigenvalue weighted by atomic mass is 35.5. The summed E-state index contributed by atoms with van der Waals surface area (Å²) in [6.45, 7) is 6.65. The number of rotatable bonds is 5. The Hall–Kier alpha value is -2.00. The third-order valence-electron chi connectivity index (χ3n) is 3.96. The summed E-state index contributed by atoms with van der Waals surface area (Å²) in [4.78, 5) is 10.5. The molecule has 1 unspecified atom stereocenters. The predicted molar refractivity (Wildman–Crippen MR) is 99.8 cm³/mol. The van der Waals surface area contributed by atoms with E-state index in [1.165, 1.54) is 11.1 Å². The molecule has 1 aliphatic heterocycles. The van der Waals surface area contributed by atoms with Gasteiger partial charge in [-0.2, -0.15) is 0 Å². The quantitative estimate of drug-likeness (QED) is 0.801. The third kappa shape index (κ3) is 3.90. The molecule has 0 bridgehead atoms. The molecular formula is C20H24ClNO2. The van der Waals surface area contributed by atoms with Crippen molar-refractivity contribution in [3.05, 3.63) is 52.5 Å². The summed E-state index contributed by atoms with van der Waals surface area (Å²) in [5, 5.41) is 3.41. The van der Waals surface area contributed by atoms with E-state index in [0.29, 0.717) is 13.0 Å². The minimum Gasteiger partial charge on any atom is -0.487 e. The number of aryl methyl sites for hydroxylation is 1. The van der Waals surface area contributed by atoms with Crippen molar-refractivity contribution in [2.45, 2.75) is 39.7 Å². The van der Waals surface area contributed by atoms with Gasteiger partial charge in [0.1, 0.15) is 11.9 Å². The van der Waals surface area contributed by atoms with Gasteiger partial charge in [-0.25, -0.2) is 0 Å². The van der Waals surface area contributed by atoms with E-state index in [4.69, 9.17) is 16.3 Å². The maximum atomic E-state index is 10.5. The molecule has 2 aromatic carbocycles. The summed E-state index contributed by atoms with van der Waals surface area (Å²) in [5.74, 6) is 0.892. The highest BCUT2D eigenvalue weighted by Crippen LogP contribution is 2.42. The van der Waals surface area contributed by atoms with Crippen molar-refractivity contribution in [2.75, 3.05) is 6.54 Å². The molecule has 0 aliphatic carbocycles. The summed E-state index contributed by atoms with van der Waals surface area (Å²) in [5.41, 5.74) is 4.47. The van der Waals surface area contributed by atoms with Crippen LogP contribution in [0, 0.1) is 0 Å². The lowest BCUT2D eigenvalue weighted by molar-refractivity contribution is -0.109. The van der Waals surface area contributed by atoms with Gasteiger partial charge in [-0.05, 0) is 29.7 Å². The van der Waals surface area contributed by atoms with Crippen LogP contribution in [-0.4, -0.2) is 19.1 Å². The highest BCUT2D eigenvalue weighted by Gasteiger charge is 2.26. The third-order valence-corrected chi connectivity index (χ3v) is 4.29. The molecule has 2 aromatic rings. The number of hydrogen-bond donors (Lipinski definition) is 1. The van der Waals surface area contributed by atoms with Crippen molar-refractivity contribution in [3.63, 3.8) is 0 Å². The molecule has 3 rings (SSSR count). The lowest BCUT2D eigenvalue weighted by atomic mass is 9.96. The second-order valence-corrected chi connectivity index (χ2v) is 5.84. The van der Waals surface area contributed by atoms with Gasteiger partial charge in [-0.1, -0.05) is 56.6 Å². The molecule has 24 heavy (non-hydrogen) atoms. The number of amides is 1. The Morgan fingerprint density at radius 2 is 2.00 bits per heavy atom. The fourth-order valence-corrected chi connectivity index (χ4v) is 3.11. The van der Waals surface area contributed by atoms with Crippen LogP contribution >= 0.6 is 11.6 Å². The average molecular weight is 346 g/mol. The largest absolute Gasteiger partial charge is 0.487 e. The van der Waals surface area contributed by atoms with E-state index < -0.39 is 0 Å². The van der Waals surface area contributed by atoms with Crippen molar-refractivity contribution in [3.8, 4) is 16.9 Å². The van der Waals surface area contributed by atoms with Gasteiger partial charge in [0.15, 0.2) is 0 Å². The highest BCUT2D eigenvalue weighted by molar-refractivity contribution is 6.33. The first-order valence-electron chi connectivity index (χ1n) is 8.47. The van der Waals surface area contributed by atoms with E-state index >= 15 is 0 Å². The molecule has 1 amide bonds. The van der Waals surface area contributed by atoms with Crippen LogP contribution in [0.1, 0.15) is 31.9 Å². The van der Waals surface area contributed by atoms with E-state index in [-0.39, 0.29) is 6.10 Å². The van der Waals surface area contributed by atoms with Crippen molar-refractivity contribution in [2.24, 2.45) is 0 Å². The predicted octanol–water partition coefficient (Wildman–Crippen LogP) is 4.65. The van der Waals surface area contributed by atoms with Crippen molar-refractivity contribution in [1.29, 1.82) is 0 Å². The topological polar surface area (TPSA) is 38.3 Å². The van der Waals surface area contributed by atoms with E-state index in [0.717, 1.165) is 34.7 Å². The number of benzene rings is 2. The Morgan fingerprint density at radius 1 is 1.25 bits per heavy atom. The molecule has 4 heteroatoms. The lowest BCUT2D eigenvalue weighted by Crippen LogP contribution is -2.29. The van der Waals surface area contributed by atoms with Crippen LogP contribution in [0.3, 0.4) is 0 Å². The van der Waals surface area contributed by atoms with Gasteiger partial charge in [0.2, 0.25) is 6.41 Å². The van der Waals surface area contributed by atoms with Crippen LogP contribution < -0.4 is 10.1 Å². The van der Waals surface area contributed by atoms with Gasteiger partial charge in [-0.3, -0.25) is 4.79 Å². The number of hydrogen-bond acceptors (Lipinski definition) is 2. The van der Waals surface area contributed by atoms with Gasteiger partial charge in [0.05, 0.1) is 6.54 Å². The Labute approximate surface area is 149 Å². The zero-order valence-corrected chi connectivity index (χ0v) is 15.2. The van der Waals surface area contributed by atoms with Gasteiger partial charge in [0.25, 0.3) is 0 Å². The van der Waals surface area contributed by atoms with Gasteiger partial charge >= 0.3 is 0 Å². The first-order valence-corrected chi connectivity index (χ1v) is 8.85. The van der Waals surface area contributed by atoms with Gasteiger partial charge in [-0.15, -0.1) is 0 Å². The fourth-order valence-electron chi connectivity index (χ4n) is 2.88. The second kappa shape index (κ2) is 8.74. The Bertz CT molecular complexity index is 700. The molecular weight excluding hydrogens is 322 g/mol. The normalized spacial score (nSPS) is 14.9. The molecule has 1 N–H and O–H groups in total. The number of carbonyl (C=O) groups is 1. The number of halogens is 1. The monoisotopic (exact) mass is 345 g/mol. The zero-order chi connectivity index (χ0) is 17.5. The maximum absolute atomic E-state index is 10.5. The molecule has 0 radical (unpaired) electrons. The Kier molecular flexibility index (Phi) is 6.68. The first kappa shape index (κ1) is 18.3. The van der Waals surface area contributed by atoms with Crippen LogP contribution in [0.25, 0.3) is 11.1 Å². The van der Waals surface area contributed by atoms with Crippen LogP contribution in [0.15, 0.2) is 36.4 Å². The van der Waals surface area contributed by atoms with Crippen molar-refractivity contribution >= 4 is 18.0 Å². The maximum Gasteiger partial charge on any atom is 0.207 e. The standard InChI is InChI=1S/C18H18ClNO2.C2H6/c1-2-12-7-13-9-14(10-20-11-21)22-18(13)16(8-12)15-5-3-4-6-17(15)19;1-2/h3-8,11,14H,2,9-10H2,1H3,(H,20,21);1-2H3. The van der Waals surface area contributed by atoms with E-state index in [1.807, 2.05) is 38.1 Å². The Balaban J connectivity index is 0.00000100. The molecule has 128 valence electrons. The van der Waals surface area contributed by atoms with Gasteiger partial charge < -0.3 is 10.1 Å². The van der Waals surface area contributed by atoms with Gasteiger partial charge in [0, 0.05) is 22.6 Å². The minimum absolute atomic E-state index is 0.0199. The summed E-state index contributed by atoms with van der Waals surface area (Å²) >= 11 is 6.36. The van der Waals surface area contributed by atoms with Crippen molar-refractivity contribution < 1.29 is 9.53 Å². The number of fused-ring (bicyclic) bond motifs is 1. The molecule has 0 spiro atoms. The van der Waals surface area contributed by atoms with E-state index in [2.05, 4.69) is 24.4 Å². The molecule has 3 nitrogen and oxygen atoms in total. The lowest BCUT2D eigenvalue weighted by Gasteiger charge is -2.14. The zero-order valence-electron chi connectivity index (χ0n) is 14.4. The molecule has 0 saturated carbocycles. The minimum atomic E-state index is -0.0199. The summed E-state index contributed by atoms with van der Waals surface area (Å²) < 4.78 is 6.07. The van der Waals surface area contributed by atoms with E-state index in [1.54, 1.807) is 0 Å². The Morgan fingerprint density at radius 3 is 2.67 bits per heavy atom. The molecule has 1 heterocycles. The molecule has 0 fully saturated rings. The number of carbonyl (C=O) groups excluding carboxylic acids is 1. The van der Waals surface area contributed by atoms with Crippen LogP contribution in [0.4, 0.5) is 0 Å². The summed E-state index contributed by atoms with van der Waals surface area (Å²) in [7, 11) is 0. The summed E-state index contributed by atoms with van der Waals surface area (Å²) in [6.07, 6.45) is 2.45. The summed E-state index contributed by atoms with van der Waals surface area (Å²) in [6, 6.07) is 12.1. The molecule has 0 aromatic heterocycles. The van der Waals surface area contributed by atoms with Crippen molar-refractivity contribution in [1.82, 2.24) is 5.32 Å². The fraction of sp³-hybridized carbons (Fsp3) is 0.350. The first-order chi connectivity index (χ1) is 11.7.